The first-order valence-electron chi connectivity index (χ1n) is 10.1. The molecule has 1 saturated carbocycles. The second-order valence-corrected chi connectivity index (χ2v) is 7.90. The van der Waals surface area contributed by atoms with Gasteiger partial charge in [-0.25, -0.2) is 0 Å². The predicted octanol–water partition coefficient (Wildman–Crippen LogP) is 2.48. The van der Waals surface area contributed by atoms with Gasteiger partial charge < -0.3 is 15.0 Å². The van der Waals surface area contributed by atoms with Gasteiger partial charge >= 0.3 is 0 Å². The van der Waals surface area contributed by atoms with Crippen LogP contribution in [0.15, 0.2) is 0 Å². The minimum Gasteiger partial charge on any atom is -0.383 e. The van der Waals surface area contributed by atoms with Crippen LogP contribution in [0, 0.1) is 0 Å². The maximum atomic E-state index is 5.20. The van der Waals surface area contributed by atoms with Crippen LogP contribution >= 0.6 is 0 Å². The maximum absolute atomic E-state index is 5.20. The molecule has 0 amide bonds. The molecule has 1 atom stereocenters. The third kappa shape index (κ3) is 5.42. The van der Waals surface area contributed by atoms with Gasteiger partial charge in [0.2, 0.25) is 0 Å². The molecule has 4 nitrogen and oxygen atoms in total. The van der Waals surface area contributed by atoms with Crippen molar-refractivity contribution in [2.75, 3.05) is 46.4 Å². The maximum Gasteiger partial charge on any atom is 0.0589 e. The predicted molar refractivity (Wildman–Crippen MR) is 95.9 cm³/mol. The molecule has 0 bridgehead atoms. The van der Waals surface area contributed by atoms with Crippen molar-refractivity contribution in [3.8, 4) is 0 Å². The summed E-state index contributed by atoms with van der Waals surface area (Å²) in [5.74, 6) is 0. The summed E-state index contributed by atoms with van der Waals surface area (Å²) in [6.07, 6.45) is 12.7. The van der Waals surface area contributed by atoms with Gasteiger partial charge in [0.05, 0.1) is 6.61 Å². The SMILES string of the molecule is COCCN1CCC(N[C@H]2CCCN(C3CCCCC3)C2)CC1. The molecule has 2 aliphatic heterocycles. The Morgan fingerprint density at radius 2 is 1.65 bits per heavy atom. The second kappa shape index (κ2) is 9.36. The molecule has 3 rings (SSSR count). The fourth-order valence-electron chi connectivity index (χ4n) is 4.80. The van der Waals surface area contributed by atoms with E-state index in [2.05, 4.69) is 15.1 Å². The fraction of sp³-hybridized carbons (Fsp3) is 1.00. The molecule has 4 heteroatoms. The molecule has 1 N–H and O–H groups in total. The zero-order valence-corrected chi connectivity index (χ0v) is 15.1. The summed E-state index contributed by atoms with van der Waals surface area (Å²) < 4.78 is 5.20. The summed E-state index contributed by atoms with van der Waals surface area (Å²) in [7, 11) is 1.80. The van der Waals surface area contributed by atoms with Gasteiger partial charge in [-0.3, -0.25) is 4.90 Å². The van der Waals surface area contributed by atoms with E-state index in [1.165, 1.54) is 84.0 Å². The van der Waals surface area contributed by atoms with Crippen LogP contribution in [-0.4, -0.2) is 74.4 Å². The number of hydrogen-bond donors (Lipinski definition) is 1. The first kappa shape index (κ1) is 17.7. The highest BCUT2D eigenvalue weighted by molar-refractivity contribution is 4.87. The number of rotatable bonds is 6. The summed E-state index contributed by atoms with van der Waals surface area (Å²) in [5.41, 5.74) is 0. The van der Waals surface area contributed by atoms with Gasteiger partial charge in [0.1, 0.15) is 0 Å². The van der Waals surface area contributed by atoms with E-state index in [1.54, 1.807) is 7.11 Å². The Bertz CT molecular complexity index is 325. The number of piperidine rings is 2. The van der Waals surface area contributed by atoms with E-state index in [1.807, 2.05) is 0 Å². The third-order valence-corrected chi connectivity index (χ3v) is 6.21. The van der Waals surface area contributed by atoms with Crippen LogP contribution in [0.5, 0.6) is 0 Å². The number of nitrogens with one attached hydrogen (secondary N) is 1. The van der Waals surface area contributed by atoms with E-state index in [0.29, 0.717) is 0 Å². The molecule has 2 heterocycles. The largest absolute Gasteiger partial charge is 0.383 e. The van der Waals surface area contributed by atoms with E-state index in [-0.39, 0.29) is 0 Å². The molecule has 2 saturated heterocycles. The van der Waals surface area contributed by atoms with Crippen LogP contribution in [0.25, 0.3) is 0 Å². The Morgan fingerprint density at radius 3 is 2.39 bits per heavy atom. The standard InChI is InChI=1S/C19H37N3O/c1-23-15-14-21-12-9-17(10-13-21)20-18-6-5-11-22(16-18)19-7-3-2-4-8-19/h17-20H,2-16H2,1H3/t18-/m0/s1. The zero-order chi connectivity index (χ0) is 15.9. The monoisotopic (exact) mass is 323 g/mol. The molecule has 0 aromatic carbocycles. The van der Waals surface area contributed by atoms with Gasteiger partial charge in [-0.1, -0.05) is 19.3 Å². The van der Waals surface area contributed by atoms with Gasteiger partial charge in [0, 0.05) is 38.3 Å². The lowest BCUT2D eigenvalue weighted by atomic mass is 9.91. The van der Waals surface area contributed by atoms with Crippen LogP contribution in [0.2, 0.25) is 0 Å². The number of nitrogens with zero attached hydrogens (tertiary/aromatic N) is 2. The highest BCUT2D eigenvalue weighted by Crippen LogP contribution is 2.25. The first-order valence-corrected chi connectivity index (χ1v) is 10.1. The van der Waals surface area contributed by atoms with Gasteiger partial charge in [-0.05, 0) is 58.2 Å². The van der Waals surface area contributed by atoms with Crippen molar-refractivity contribution in [3.63, 3.8) is 0 Å². The van der Waals surface area contributed by atoms with Crippen molar-refractivity contribution in [1.82, 2.24) is 15.1 Å². The first-order chi connectivity index (χ1) is 11.3. The van der Waals surface area contributed by atoms with Gasteiger partial charge in [0.15, 0.2) is 0 Å². The average Bonchev–Trinajstić information content (AvgIpc) is 2.62. The highest BCUT2D eigenvalue weighted by atomic mass is 16.5. The van der Waals surface area contributed by atoms with Gasteiger partial charge in [-0.15, -0.1) is 0 Å². The van der Waals surface area contributed by atoms with E-state index >= 15 is 0 Å². The molecule has 0 unspecified atom stereocenters. The number of methoxy groups -OCH3 is 1. The van der Waals surface area contributed by atoms with E-state index < -0.39 is 0 Å². The Hall–Kier alpha value is -0.160. The van der Waals surface area contributed by atoms with E-state index in [0.717, 1.165) is 31.3 Å². The molecule has 0 radical (unpaired) electrons. The fourth-order valence-corrected chi connectivity index (χ4v) is 4.80. The van der Waals surface area contributed by atoms with Crippen LogP contribution in [-0.2, 0) is 4.74 Å². The van der Waals surface area contributed by atoms with Crippen LogP contribution in [0.3, 0.4) is 0 Å². The quantitative estimate of drug-likeness (QED) is 0.813. The van der Waals surface area contributed by atoms with Crippen LogP contribution in [0.1, 0.15) is 57.8 Å². The summed E-state index contributed by atoms with van der Waals surface area (Å²) in [5, 5.41) is 4.00. The third-order valence-electron chi connectivity index (χ3n) is 6.21. The lowest BCUT2D eigenvalue weighted by molar-refractivity contribution is 0.0943. The van der Waals surface area contributed by atoms with Crippen molar-refractivity contribution >= 4 is 0 Å². The second-order valence-electron chi connectivity index (χ2n) is 7.90. The van der Waals surface area contributed by atoms with Crippen molar-refractivity contribution in [3.05, 3.63) is 0 Å². The lowest BCUT2D eigenvalue weighted by Gasteiger charge is -2.42. The molecule has 134 valence electrons. The van der Waals surface area contributed by atoms with Crippen molar-refractivity contribution in [1.29, 1.82) is 0 Å². The summed E-state index contributed by atoms with van der Waals surface area (Å²) in [6, 6.07) is 2.37. The summed E-state index contributed by atoms with van der Waals surface area (Å²) >= 11 is 0. The van der Waals surface area contributed by atoms with Crippen molar-refractivity contribution in [2.45, 2.75) is 75.9 Å². The highest BCUT2D eigenvalue weighted by Gasteiger charge is 2.28. The van der Waals surface area contributed by atoms with E-state index in [4.69, 9.17) is 4.74 Å². The molecular formula is C19H37N3O. The van der Waals surface area contributed by atoms with Gasteiger partial charge in [-0.2, -0.15) is 0 Å². The summed E-state index contributed by atoms with van der Waals surface area (Å²) in [4.78, 5) is 5.37. The average molecular weight is 324 g/mol. The topological polar surface area (TPSA) is 27.7 Å². The number of ether oxygens (including phenoxy) is 1. The molecule has 0 spiro atoms. The van der Waals surface area contributed by atoms with Crippen LogP contribution in [0.4, 0.5) is 0 Å². The number of likely N-dealkylation sites (tertiary alicyclic amines) is 2. The van der Waals surface area contributed by atoms with Crippen molar-refractivity contribution in [2.24, 2.45) is 0 Å². The minimum absolute atomic E-state index is 0.737. The Balaban J connectivity index is 1.38. The smallest absolute Gasteiger partial charge is 0.0589 e. The molecule has 0 aromatic heterocycles. The number of hydrogen-bond acceptors (Lipinski definition) is 4. The molecule has 1 aliphatic carbocycles. The molecular weight excluding hydrogens is 286 g/mol. The van der Waals surface area contributed by atoms with Gasteiger partial charge in [0.25, 0.3) is 0 Å². The molecule has 3 fully saturated rings. The van der Waals surface area contributed by atoms with Crippen molar-refractivity contribution < 1.29 is 4.74 Å². The molecule has 23 heavy (non-hydrogen) atoms. The normalized spacial score (nSPS) is 29.9. The van der Waals surface area contributed by atoms with E-state index in [9.17, 15) is 0 Å². The summed E-state index contributed by atoms with van der Waals surface area (Å²) in [6.45, 7) is 7.09. The van der Waals surface area contributed by atoms with Crippen LogP contribution < -0.4 is 5.32 Å². The zero-order valence-electron chi connectivity index (χ0n) is 15.1. The minimum atomic E-state index is 0.737. The Kier molecular flexibility index (Phi) is 7.18. The Morgan fingerprint density at radius 1 is 0.870 bits per heavy atom. The Labute approximate surface area is 142 Å². The lowest BCUT2D eigenvalue weighted by Crippen LogP contribution is -2.54. The molecule has 0 aromatic rings. The molecule has 3 aliphatic rings.